The van der Waals surface area contributed by atoms with Crippen molar-refractivity contribution in [3.8, 4) is 0 Å². The highest BCUT2D eigenvalue weighted by atomic mass is 35.5. The Kier molecular flexibility index (Phi) is 4.05. The third-order valence-electron chi connectivity index (χ3n) is 3.77. The Hall–Kier alpha value is -2.39. The van der Waals surface area contributed by atoms with Crippen molar-refractivity contribution >= 4 is 34.4 Å². The van der Waals surface area contributed by atoms with Crippen LogP contribution in [0.25, 0.3) is 17.0 Å². The predicted molar refractivity (Wildman–Crippen MR) is 93.0 cm³/mol. The van der Waals surface area contributed by atoms with Gasteiger partial charge in [0.15, 0.2) is 5.78 Å². The van der Waals surface area contributed by atoms with Crippen molar-refractivity contribution in [2.24, 2.45) is 0 Å². The predicted octanol–water partition coefficient (Wildman–Crippen LogP) is 5.30. The summed E-state index contributed by atoms with van der Waals surface area (Å²) >= 11 is 6.23. The van der Waals surface area contributed by atoms with E-state index in [-0.39, 0.29) is 5.78 Å². The lowest BCUT2D eigenvalue weighted by Gasteiger charge is -2.03. The molecule has 3 aromatic rings. The van der Waals surface area contributed by atoms with E-state index in [0.717, 1.165) is 27.6 Å². The van der Waals surface area contributed by atoms with Crippen LogP contribution < -0.4 is 0 Å². The van der Waals surface area contributed by atoms with Crippen molar-refractivity contribution in [1.29, 1.82) is 0 Å². The standard InChI is InChI=1S/C19H16ClNO2/c1-11-4-5-14-9-15(19(20)21-16(14)8-11)6-7-17(22)18-12(2)10-23-13(18)3/h4-10H,1-3H3/b7-6+. The van der Waals surface area contributed by atoms with Gasteiger partial charge in [-0.3, -0.25) is 4.79 Å². The first kappa shape index (κ1) is 15.5. The highest BCUT2D eigenvalue weighted by molar-refractivity contribution is 6.31. The molecule has 116 valence electrons. The van der Waals surface area contributed by atoms with Crippen LogP contribution in [-0.4, -0.2) is 10.8 Å². The topological polar surface area (TPSA) is 43.1 Å². The summed E-state index contributed by atoms with van der Waals surface area (Å²) in [6.45, 7) is 5.64. The first-order valence-corrected chi connectivity index (χ1v) is 7.67. The molecule has 1 aromatic carbocycles. The molecule has 0 bridgehead atoms. The number of carbonyl (C=O) groups excluding carboxylic acids is 1. The minimum atomic E-state index is -0.103. The Morgan fingerprint density at radius 2 is 2.00 bits per heavy atom. The highest BCUT2D eigenvalue weighted by Crippen LogP contribution is 2.23. The molecule has 4 heteroatoms. The number of aryl methyl sites for hydroxylation is 3. The molecule has 0 atom stereocenters. The summed E-state index contributed by atoms with van der Waals surface area (Å²) in [5.74, 6) is 0.518. The average Bonchev–Trinajstić information content (AvgIpc) is 2.84. The number of benzene rings is 1. The van der Waals surface area contributed by atoms with Crippen LogP contribution in [0.4, 0.5) is 0 Å². The minimum Gasteiger partial charge on any atom is -0.469 e. The smallest absolute Gasteiger partial charge is 0.189 e. The first-order valence-electron chi connectivity index (χ1n) is 7.29. The fraction of sp³-hybridized carbons (Fsp3) is 0.158. The molecule has 0 saturated heterocycles. The van der Waals surface area contributed by atoms with E-state index in [1.54, 1.807) is 19.3 Å². The SMILES string of the molecule is Cc1ccc2cc(/C=C/C(=O)c3c(C)coc3C)c(Cl)nc2c1. The van der Waals surface area contributed by atoms with Gasteiger partial charge in [-0.1, -0.05) is 23.7 Å². The van der Waals surface area contributed by atoms with Crippen LogP contribution in [-0.2, 0) is 0 Å². The second kappa shape index (κ2) is 6.01. The van der Waals surface area contributed by atoms with Gasteiger partial charge in [0.2, 0.25) is 0 Å². The van der Waals surface area contributed by atoms with Crippen LogP contribution in [0.3, 0.4) is 0 Å². The Bertz CT molecular complexity index is 918. The largest absolute Gasteiger partial charge is 0.469 e. The van der Waals surface area contributed by atoms with E-state index in [4.69, 9.17) is 16.0 Å². The summed E-state index contributed by atoms with van der Waals surface area (Å²) in [5.41, 5.74) is 4.12. The van der Waals surface area contributed by atoms with Crippen LogP contribution in [0.1, 0.15) is 32.8 Å². The number of allylic oxidation sites excluding steroid dienone is 1. The normalized spacial score (nSPS) is 11.5. The van der Waals surface area contributed by atoms with Crippen LogP contribution in [0.15, 0.2) is 41.0 Å². The molecule has 0 amide bonds. The van der Waals surface area contributed by atoms with Gasteiger partial charge < -0.3 is 4.42 Å². The Balaban J connectivity index is 1.96. The number of furan rings is 1. The van der Waals surface area contributed by atoms with E-state index in [2.05, 4.69) is 4.98 Å². The number of pyridine rings is 1. The van der Waals surface area contributed by atoms with Crippen LogP contribution in [0, 0.1) is 20.8 Å². The number of nitrogens with zero attached hydrogens (tertiary/aromatic N) is 1. The average molecular weight is 326 g/mol. The fourth-order valence-electron chi connectivity index (χ4n) is 2.58. The molecule has 3 nitrogen and oxygen atoms in total. The van der Waals surface area contributed by atoms with Gasteiger partial charge in [0.05, 0.1) is 17.3 Å². The van der Waals surface area contributed by atoms with E-state index in [1.807, 2.05) is 38.1 Å². The molecule has 0 saturated carbocycles. The van der Waals surface area contributed by atoms with Gasteiger partial charge in [0.1, 0.15) is 10.9 Å². The molecule has 0 N–H and O–H groups in total. The lowest BCUT2D eigenvalue weighted by atomic mass is 10.1. The summed E-state index contributed by atoms with van der Waals surface area (Å²) < 4.78 is 5.27. The van der Waals surface area contributed by atoms with Crippen molar-refractivity contribution in [2.75, 3.05) is 0 Å². The summed E-state index contributed by atoms with van der Waals surface area (Å²) in [5, 5.41) is 1.37. The van der Waals surface area contributed by atoms with Crippen LogP contribution in [0.5, 0.6) is 0 Å². The van der Waals surface area contributed by atoms with Crippen LogP contribution >= 0.6 is 11.6 Å². The van der Waals surface area contributed by atoms with Gasteiger partial charge >= 0.3 is 0 Å². The molecule has 0 spiro atoms. The van der Waals surface area contributed by atoms with E-state index in [9.17, 15) is 4.79 Å². The van der Waals surface area contributed by atoms with Gasteiger partial charge in [-0.2, -0.15) is 0 Å². The van der Waals surface area contributed by atoms with Gasteiger partial charge in [-0.05, 0) is 56.2 Å². The summed E-state index contributed by atoms with van der Waals surface area (Å²) in [6, 6.07) is 7.94. The number of hydrogen-bond donors (Lipinski definition) is 0. The summed E-state index contributed by atoms with van der Waals surface area (Å²) in [4.78, 5) is 16.7. The van der Waals surface area contributed by atoms with E-state index >= 15 is 0 Å². The maximum absolute atomic E-state index is 12.3. The summed E-state index contributed by atoms with van der Waals surface area (Å²) in [7, 11) is 0. The molecule has 23 heavy (non-hydrogen) atoms. The minimum absolute atomic E-state index is 0.103. The Morgan fingerprint density at radius 3 is 2.70 bits per heavy atom. The molecule has 2 aromatic heterocycles. The molecule has 0 aliphatic heterocycles. The van der Waals surface area contributed by atoms with Crippen molar-refractivity contribution in [1.82, 2.24) is 4.98 Å². The third kappa shape index (κ3) is 3.06. The lowest BCUT2D eigenvalue weighted by molar-refractivity contribution is 0.104. The molecule has 2 heterocycles. The molecule has 0 aliphatic rings. The number of halogens is 1. The number of carbonyl (C=O) groups is 1. The summed E-state index contributed by atoms with van der Waals surface area (Å²) in [6.07, 6.45) is 4.79. The van der Waals surface area contributed by atoms with Gasteiger partial charge in [0.25, 0.3) is 0 Å². The van der Waals surface area contributed by atoms with Crippen LogP contribution in [0.2, 0.25) is 5.15 Å². The maximum atomic E-state index is 12.3. The number of fused-ring (bicyclic) bond motifs is 1. The third-order valence-corrected chi connectivity index (χ3v) is 4.08. The molecular weight excluding hydrogens is 310 g/mol. The number of ketones is 1. The van der Waals surface area contributed by atoms with E-state index < -0.39 is 0 Å². The molecule has 0 unspecified atom stereocenters. The zero-order valence-corrected chi connectivity index (χ0v) is 13.9. The molecule has 0 fully saturated rings. The molecule has 0 radical (unpaired) electrons. The number of rotatable bonds is 3. The second-order valence-corrected chi connectivity index (χ2v) is 5.97. The van der Waals surface area contributed by atoms with Crippen molar-refractivity contribution in [3.05, 3.63) is 69.8 Å². The molecular formula is C19H16ClNO2. The van der Waals surface area contributed by atoms with Crippen molar-refractivity contribution in [3.63, 3.8) is 0 Å². The number of hydrogen-bond acceptors (Lipinski definition) is 3. The van der Waals surface area contributed by atoms with Crippen molar-refractivity contribution < 1.29 is 9.21 Å². The van der Waals surface area contributed by atoms with Gasteiger partial charge in [0, 0.05) is 10.9 Å². The Morgan fingerprint density at radius 1 is 1.22 bits per heavy atom. The van der Waals surface area contributed by atoms with Gasteiger partial charge in [-0.15, -0.1) is 0 Å². The fourth-order valence-corrected chi connectivity index (χ4v) is 2.78. The molecule has 0 aliphatic carbocycles. The monoisotopic (exact) mass is 325 g/mol. The Labute approximate surface area is 139 Å². The highest BCUT2D eigenvalue weighted by Gasteiger charge is 2.13. The molecule has 3 rings (SSSR count). The van der Waals surface area contributed by atoms with E-state index in [0.29, 0.717) is 16.5 Å². The second-order valence-electron chi connectivity index (χ2n) is 5.61. The van der Waals surface area contributed by atoms with E-state index in [1.165, 1.54) is 6.08 Å². The zero-order chi connectivity index (χ0) is 16.6. The number of aromatic nitrogens is 1. The first-order chi connectivity index (χ1) is 11.0. The van der Waals surface area contributed by atoms with Gasteiger partial charge in [-0.25, -0.2) is 4.98 Å². The zero-order valence-electron chi connectivity index (χ0n) is 13.2. The van der Waals surface area contributed by atoms with Crippen molar-refractivity contribution in [2.45, 2.75) is 20.8 Å². The quantitative estimate of drug-likeness (QED) is 0.372. The lowest BCUT2D eigenvalue weighted by Crippen LogP contribution is -1.97. The maximum Gasteiger partial charge on any atom is 0.189 e.